The molecule has 7 heteroatoms. The molecular formula is C18H19NO5S. The predicted molar refractivity (Wildman–Crippen MR) is 94.3 cm³/mol. The number of hydrogen-bond donors (Lipinski definition) is 0. The van der Waals surface area contributed by atoms with Gasteiger partial charge in [0.1, 0.15) is 0 Å². The summed E-state index contributed by atoms with van der Waals surface area (Å²) < 4.78 is 28.8. The van der Waals surface area contributed by atoms with Crippen molar-refractivity contribution in [1.29, 1.82) is 0 Å². The molecule has 1 atom stereocenters. The summed E-state index contributed by atoms with van der Waals surface area (Å²) in [4.78, 5) is 26.0. The first-order valence-electron chi connectivity index (χ1n) is 7.54. The van der Waals surface area contributed by atoms with Crippen LogP contribution in [-0.4, -0.2) is 39.7 Å². The largest absolute Gasteiger partial charge is 0.449 e. The maximum atomic E-state index is 12.4. The third-order valence-electron chi connectivity index (χ3n) is 3.61. The van der Waals surface area contributed by atoms with Crippen LogP contribution in [0.2, 0.25) is 0 Å². The third kappa shape index (κ3) is 4.45. The first-order chi connectivity index (χ1) is 11.7. The van der Waals surface area contributed by atoms with Gasteiger partial charge in [0.15, 0.2) is 15.9 Å². The van der Waals surface area contributed by atoms with Crippen LogP contribution in [0.5, 0.6) is 0 Å². The van der Waals surface area contributed by atoms with Crippen LogP contribution in [0.15, 0.2) is 59.5 Å². The van der Waals surface area contributed by atoms with E-state index in [1.54, 1.807) is 31.3 Å². The molecule has 2 aromatic carbocycles. The number of nitrogens with zero attached hydrogens (tertiary/aromatic N) is 1. The minimum absolute atomic E-state index is 0.0907. The molecule has 132 valence electrons. The van der Waals surface area contributed by atoms with Crippen LogP contribution in [0, 0.1) is 0 Å². The summed E-state index contributed by atoms with van der Waals surface area (Å²) in [6, 6.07) is 14.7. The van der Waals surface area contributed by atoms with Crippen molar-refractivity contribution < 1.29 is 22.7 Å². The van der Waals surface area contributed by atoms with E-state index in [1.165, 1.54) is 36.1 Å². The molecule has 0 saturated heterocycles. The molecule has 0 heterocycles. The highest BCUT2D eigenvalue weighted by molar-refractivity contribution is 7.90. The van der Waals surface area contributed by atoms with Gasteiger partial charge >= 0.3 is 5.97 Å². The van der Waals surface area contributed by atoms with Crippen molar-refractivity contribution in [2.24, 2.45) is 0 Å². The monoisotopic (exact) mass is 361 g/mol. The third-order valence-corrected chi connectivity index (χ3v) is 4.77. The summed E-state index contributed by atoms with van der Waals surface area (Å²) in [6.45, 7) is 1.45. The number of likely N-dealkylation sites (N-methyl/N-ethyl adjacent to an activating group) is 1. The minimum atomic E-state index is -3.59. The lowest BCUT2D eigenvalue weighted by atomic mass is 10.2. The number of carbonyl (C=O) groups is 2. The van der Waals surface area contributed by atoms with Crippen molar-refractivity contribution in [2.75, 3.05) is 18.2 Å². The molecule has 0 aliphatic carbocycles. The van der Waals surface area contributed by atoms with Crippen LogP contribution in [0.4, 0.5) is 5.69 Å². The Balaban J connectivity index is 2.17. The van der Waals surface area contributed by atoms with E-state index in [2.05, 4.69) is 0 Å². The van der Waals surface area contributed by atoms with Gasteiger partial charge in [-0.2, -0.15) is 0 Å². The van der Waals surface area contributed by atoms with E-state index in [4.69, 9.17) is 4.74 Å². The van der Waals surface area contributed by atoms with Gasteiger partial charge in [-0.1, -0.05) is 30.3 Å². The molecule has 0 fully saturated rings. The molecule has 0 bridgehead atoms. The lowest BCUT2D eigenvalue weighted by molar-refractivity contribution is -0.126. The Morgan fingerprint density at radius 1 is 1.00 bits per heavy atom. The Kier molecular flexibility index (Phi) is 5.58. The van der Waals surface area contributed by atoms with Gasteiger partial charge in [-0.3, -0.25) is 4.79 Å². The van der Waals surface area contributed by atoms with Crippen molar-refractivity contribution >= 4 is 27.4 Å². The zero-order chi connectivity index (χ0) is 18.6. The van der Waals surface area contributed by atoms with E-state index >= 15 is 0 Å². The molecule has 0 N–H and O–H groups in total. The normalized spacial score (nSPS) is 12.3. The van der Waals surface area contributed by atoms with Gasteiger partial charge in [0.2, 0.25) is 0 Å². The molecule has 2 aromatic rings. The molecular weight excluding hydrogens is 342 g/mol. The molecule has 0 unspecified atom stereocenters. The smallest absolute Gasteiger partial charge is 0.340 e. The number of hydrogen-bond acceptors (Lipinski definition) is 5. The van der Waals surface area contributed by atoms with Gasteiger partial charge in [0.25, 0.3) is 5.91 Å². The summed E-state index contributed by atoms with van der Waals surface area (Å²) in [5, 5.41) is 0. The number of sulfone groups is 1. The number of benzene rings is 2. The fraction of sp³-hybridized carbons (Fsp3) is 0.222. The number of esters is 1. The number of carbonyl (C=O) groups excluding carboxylic acids is 2. The number of anilines is 1. The van der Waals surface area contributed by atoms with E-state index in [0.29, 0.717) is 5.69 Å². The summed E-state index contributed by atoms with van der Waals surface area (Å²) in [5.74, 6) is -1.28. The Hall–Kier alpha value is -2.67. The zero-order valence-electron chi connectivity index (χ0n) is 14.2. The van der Waals surface area contributed by atoms with Gasteiger partial charge in [-0.15, -0.1) is 0 Å². The molecule has 0 saturated carbocycles. The summed E-state index contributed by atoms with van der Waals surface area (Å²) in [5.41, 5.74) is 0.568. The maximum absolute atomic E-state index is 12.4. The fourth-order valence-corrected chi connectivity index (χ4v) is 3.16. The second kappa shape index (κ2) is 7.48. The maximum Gasteiger partial charge on any atom is 0.340 e. The second-order valence-electron chi connectivity index (χ2n) is 5.55. The van der Waals surface area contributed by atoms with E-state index in [1.807, 2.05) is 6.07 Å². The summed E-state index contributed by atoms with van der Waals surface area (Å²) >= 11 is 0. The van der Waals surface area contributed by atoms with Crippen LogP contribution in [0.25, 0.3) is 0 Å². The molecule has 1 amide bonds. The quantitative estimate of drug-likeness (QED) is 0.764. The topological polar surface area (TPSA) is 80.8 Å². The van der Waals surface area contributed by atoms with E-state index in [-0.39, 0.29) is 10.5 Å². The van der Waals surface area contributed by atoms with Crippen LogP contribution >= 0.6 is 0 Å². The van der Waals surface area contributed by atoms with E-state index < -0.39 is 27.8 Å². The zero-order valence-corrected chi connectivity index (χ0v) is 15.0. The average Bonchev–Trinajstić information content (AvgIpc) is 2.60. The lowest BCUT2D eigenvalue weighted by Crippen LogP contribution is -2.37. The van der Waals surface area contributed by atoms with Crippen molar-refractivity contribution in [2.45, 2.75) is 17.9 Å². The first kappa shape index (κ1) is 18.7. The second-order valence-corrected chi connectivity index (χ2v) is 7.53. The van der Waals surface area contributed by atoms with Crippen LogP contribution in [0.3, 0.4) is 0 Å². The average molecular weight is 361 g/mol. The van der Waals surface area contributed by atoms with Gasteiger partial charge < -0.3 is 9.64 Å². The highest BCUT2D eigenvalue weighted by atomic mass is 32.2. The SMILES string of the molecule is C[C@H](OC(=O)c1ccccc1S(C)(=O)=O)C(=O)N(C)c1ccccc1. The fourth-order valence-electron chi connectivity index (χ4n) is 2.28. The van der Waals surface area contributed by atoms with Crippen molar-refractivity contribution in [3.63, 3.8) is 0 Å². The van der Waals surface area contributed by atoms with Crippen molar-refractivity contribution in [3.05, 3.63) is 60.2 Å². The molecule has 25 heavy (non-hydrogen) atoms. The Bertz CT molecular complexity index is 877. The minimum Gasteiger partial charge on any atom is -0.449 e. The summed E-state index contributed by atoms with van der Waals surface area (Å²) in [6.07, 6.45) is -0.0537. The van der Waals surface area contributed by atoms with Gasteiger partial charge in [0, 0.05) is 19.0 Å². The molecule has 0 spiro atoms. The van der Waals surface area contributed by atoms with Crippen LogP contribution in [0.1, 0.15) is 17.3 Å². The molecule has 0 aliphatic heterocycles. The first-order valence-corrected chi connectivity index (χ1v) is 9.43. The molecule has 0 radical (unpaired) electrons. The number of para-hydroxylation sites is 1. The standard InChI is InChI=1S/C18H19NO5S/c1-13(17(20)19(2)14-9-5-4-6-10-14)24-18(21)15-11-7-8-12-16(15)25(3,22)23/h4-13H,1-3H3/t13-/m0/s1. The Labute approximate surface area is 146 Å². The number of ether oxygens (including phenoxy) is 1. The molecule has 2 rings (SSSR count). The Morgan fingerprint density at radius 3 is 2.16 bits per heavy atom. The van der Waals surface area contributed by atoms with Crippen molar-refractivity contribution in [1.82, 2.24) is 0 Å². The van der Waals surface area contributed by atoms with Gasteiger partial charge in [0.05, 0.1) is 10.5 Å². The van der Waals surface area contributed by atoms with Crippen molar-refractivity contribution in [3.8, 4) is 0 Å². The van der Waals surface area contributed by atoms with E-state index in [9.17, 15) is 18.0 Å². The van der Waals surface area contributed by atoms with Gasteiger partial charge in [-0.05, 0) is 31.2 Å². The van der Waals surface area contributed by atoms with Crippen LogP contribution < -0.4 is 4.90 Å². The highest BCUT2D eigenvalue weighted by Crippen LogP contribution is 2.18. The highest BCUT2D eigenvalue weighted by Gasteiger charge is 2.25. The lowest BCUT2D eigenvalue weighted by Gasteiger charge is -2.21. The number of rotatable bonds is 5. The van der Waals surface area contributed by atoms with Gasteiger partial charge in [-0.25, -0.2) is 13.2 Å². The van der Waals surface area contributed by atoms with Crippen LogP contribution in [-0.2, 0) is 19.4 Å². The predicted octanol–water partition coefficient (Wildman–Crippen LogP) is 2.30. The Morgan fingerprint density at radius 2 is 1.56 bits per heavy atom. The summed E-state index contributed by atoms with van der Waals surface area (Å²) in [7, 11) is -2.01. The molecule has 6 nitrogen and oxygen atoms in total. The van der Waals surface area contributed by atoms with E-state index in [0.717, 1.165) is 6.26 Å². The molecule has 0 aromatic heterocycles. The number of amides is 1. The molecule has 0 aliphatic rings.